The number of hydrogen-bond acceptors (Lipinski definition) is 7. The lowest BCUT2D eigenvalue weighted by molar-refractivity contribution is -0.144. The van der Waals surface area contributed by atoms with E-state index in [1.165, 1.54) is 0 Å². The van der Waals surface area contributed by atoms with Gasteiger partial charge in [-0.1, -0.05) is 44.2 Å². The molecule has 0 spiro atoms. The monoisotopic (exact) mass is 493 g/mol. The lowest BCUT2D eigenvalue weighted by atomic mass is 10.0. The fourth-order valence-electron chi connectivity index (χ4n) is 3.07. The van der Waals surface area contributed by atoms with Crippen molar-refractivity contribution in [1.82, 2.24) is 16.0 Å². The van der Waals surface area contributed by atoms with Crippen LogP contribution in [0.15, 0.2) is 30.3 Å². The number of hydrogen-bond donors (Lipinski definition) is 7. The molecule has 0 aliphatic carbocycles. The molecule has 0 aliphatic heterocycles. The average Bonchev–Trinajstić information content (AvgIpc) is 2.75. The van der Waals surface area contributed by atoms with Crippen molar-refractivity contribution in [3.05, 3.63) is 35.9 Å². The van der Waals surface area contributed by atoms with Crippen LogP contribution in [-0.2, 0) is 35.2 Å². The first kappa shape index (κ1) is 29.0. The summed E-state index contributed by atoms with van der Waals surface area (Å²) >= 11 is 0. The molecule has 4 unspecified atom stereocenters. The van der Waals surface area contributed by atoms with Gasteiger partial charge in [-0.25, -0.2) is 4.79 Å². The Morgan fingerprint density at radius 1 is 0.829 bits per heavy atom. The predicted octanol–water partition coefficient (Wildman–Crippen LogP) is -1.90. The minimum absolute atomic E-state index is 0.140. The molecule has 0 aromatic heterocycles. The number of rotatable bonds is 14. The lowest BCUT2D eigenvalue weighted by Crippen LogP contribution is -2.59. The summed E-state index contributed by atoms with van der Waals surface area (Å²) in [6.07, 6.45) is -1.32. The molecule has 1 rings (SSSR count). The molecule has 0 fully saturated rings. The number of nitrogens with two attached hydrogens (primary N) is 2. The van der Waals surface area contributed by atoms with E-state index in [0.717, 1.165) is 5.56 Å². The highest BCUT2D eigenvalue weighted by Crippen LogP contribution is 2.07. The molecule has 192 valence electrons. The predicted molar refractivity (Wildman–Crippen MR) is 122 cm³/mol. The summed E-state index contributed by atoms with van der Waals surface area (Å²) in [6.45, 7) is 3.10. The summed E-state index contributed by atoms with van der Waals surface area (Å²) < 4.78 is 0. The molecule has 4 amide bonds. The van der Waals surface area contributed by atoms with E-state index in [-0.39, 0.29) is 6.42 Å². The van der Waals surface area contributed by atoms with Crippen molar-refractivity contribution >= 4 is 35.6 Å². The van der Waals surface area contributed by atoms with E-state index in [9.17, 15) is 39.0 Å². The quantitative estimate of drug-likeness (QED) is 0.153. The van der Waals surface area contributed by atoms with Crippen molar-refractivity contribution < 1.29 is 39.0 Å². The van der Waals surface area contributed by atoms with Crippen LogP contribution in [-0.4, -0.2) is 69.9 Å². The molecule has 0 aliphatic rings. The van der Waals surface area contributed by atoms with Crippen LogP contribution in [0.1, 0.15) is 32.3 Å². The van der Waals surface area contributed by atoms with Gasteiger partial charge in [-0.15, -0.1) is 0 Å². The maximum absolute atomic E-state index is 12.8. The first-order valence-corrected chi connectivity index (χ1v) is 10.7. The Morgan fingerprint density at radius 3 is 1.89 bits per heavy atom. The van der Waals surface area contributed by atoms with Gasteiger partial charge in [-0.3, -0.25) is 24.0 Å². The van der Waals surface area contributed by atoms with Gasteiger partial charge >= 0.3 is 11.9 Å². The summed E-state index contributed by atoms with van der Waals surface area (Å²) in [5.74, 6) is -7.10. The van der Waals surface area contributed by atoms with Gasteiger partial charge in [0, 0.05) is 0 Å². The van der Waals surface area contributed by atoms with E-state index < -0.39 is 78.5 Å². The number of carbonyl (C=O) groups excluding carboxylic acids is 4. The fourth-order valence-corrected chi connectivity index (χ4v) is 3.07. The molecule has 0 radical (unpaired) electrons. The second-order valence-electron chi connectivity index (χ2n) is 8.26. The van der Waals surface area contributed by atoms with Crippen LogP contribution >= 0.6 is 0 Å². The second kappa shape index (κ2) is 13.6. The molecule has 35 heavy (non-hydrogen) atoms. The molecule has 4 atom stereocenters. The molecule has 1 aromatic carbocycles. The minimum atomic E-state index is -1.62. The van der Waals surface area contributed by atoms with Gasteiger partial charge in [0.25, 0.3) is 0 Å². The SMILES string of the molecule is CC(C)C(NC(=O)C(CC(=O)O)NC(=O)C(N)Cc1ccccc1)C(=O)NC(CC(N)=O)C(=O)O. The molecule has 0 saturated heterocycles. The van der Waals surface area contributed by atoms with Gasteiger partial charge in [0.05, 0.1) is 18.9 Å². The third kappa shape index (κ3) is 10.2. The molecule has 0 bridgehead atoms. The van der Waals surface area contributed by atoms with E-state index in [4.69, 9.17) is 11.5 Å². The topological polar surface area (TPSA) is 231 Å². The Hall–Kier alpha value is -4.00. The highest BCUT2D eigenvalue weighted by Gasteiger charge is 2.33. The smallest absolute Gasteiger partial charge is 0.326 e. The number of amides is 4. The van der Waals surface area contributed by atoms with E-state index in [2.05, 4.69) is 16.0 Å². The summed E-state index contributed by atoms with van der Waals surface area (Å²) in [5, 5.41) is 25.1. The Morgan fingerprint density at radius 2 is 1.40 bits per heavy atom. The van der Waals surface area contributed by atoms with E-state index >= 15 is 0 Å². The molecule has 0 heterocycles. The zero-order valence-electron chi connectivity index (χ0n) is 19.4. The maximum Gasteiger partial charge on any atom is 0.326 e. The highest BCUT2D eigenvalue weighted by molar-refractivity contribution is 5.96. The molecular weight excluding hydrogens is 462 g/mol. The second-order valence-corrected chi connectivity index (χ2v) is 8.26. The standard InChI is InChI=1S/C22H31N5O8/c1-11(2)18(21(33)26-15(22(34)35)9-16(24)28)27-20(32)14(10-17(29)30)25-19(31)13(23)8-12-6-4-3-5-7-12/h3-7,11,13-15,18H,8-10,23H2,1-2H3,(H2,24,28)(H,25,31)(H,26,33)(H,27,32)(H,29,30)(H,34,35). The van der Waals surface area contributed by atoms with Crippen molar-refractivity contribution in [2.75, 3.05) is 0 Å². The minimum Gasteiger partial charge on any atom is -0.481 e. The molecule has 9 N–H and O–H groups in total. The van der Waals surface area contributed by atoms with Crippen LogP contribution in [0.3, 0.4) is 0 Å². The zero-order chi connectivity index (χ0) is 26.7. The Bertz CT molecular complexity index is 937. The third-order valence-electron chi connectivity index (χ3n) is 4.91. The van der Waals surface area contributed by atoms with Crippen LogP contribution in [0.4, 0.5) is 0 Å². The number of nitrogens with one attached hydrogen (secondary N) is 3. The number of primary amides is 1. The van der Waals surface area contributed by atoms with E-state index in [1.54, 1.807) is 44.2 Å². The first-order chi connectivity index (χ1) is 16.3. The number of carboxylic acids is 2. The van der Waals surface area contributed by atoms with Crippen molar-refractivity contribution in [3.8, 4) is 0 Å². The molecule has 13 nitrogen and oxygen atoms in total. The molecular formula is C22H31N5O8. The van der Waals surface area contributed by atoms with Crippen LogP contribution in [0.25, 0.3) is 0 Å². The van der Waals surface area contributed by atoms with Crippen molar-refractivity contribution in [3.63, 3.8) is 0 Å². The Balaban J connectivity index is 2.94. The van der Waals surface area contributed by atoms with Crippen molar-refractivity contribution in [2.45, 2.75) is 57.3 Å². The average molecular weight is 494 g/mol. The molecule has 1 aromatic rings. The van der Waals surface area contributed by atoms with Crippen LogP contribution < -0.4 is 27.4 Å². The van der Waals surface area contributed by atoms with Gasteiger partial charge < -0.3 is 37.6 Å². The maximum atomic E-state index is 12.8. The molecule has 13 heteroatoms. The fraction of sp³-hybridized carbons (Fsp3) is 0.455. The zero-order valence-corrected chi connectivity index (χ0v) is 19.4. The first-order valence-electron chi connectivity index (χ1n) is 10.7. The van der Waals surface area contributed by atoms with Gasteiger partial charge in [-0.2, -0.15) is 0 Å². The summed E-state index contributed by atoms with van der Waals surface area (Å²) in [7, 11) is 0. The van der Waals surface area contributed by atoms with Crippen LogP contribution in [0, 0.1) is 5.92 Å². The summed E-state index contributed by atoms with van der Waals surface area (Å²) in [5.41, 5.74) is 11.7. The van der Waals surface area contributed by atoms with E-state index in [1.807, 2.05) is 0 Å². The van der Waals surface area contributed by atoms with Crippen LogP contribution in [0.2, 0.25) is 0 Å². The van der Waals surface area contributed by atoms with E-state index in [0.29, 0.717) is 0 Å². The Kier molecular flexibility index (Phi) is 11.3. The number of aliphatic carboxylic acids is 2. The van der Waals surface area contributed by atoms with Crippen molar-refractivity contribution in [1.29, 1.82) is 0 Å². The number of benzene rings is 1. The van der Waals surface area contributed by atoms with Gasteiger partial charge in [-0.05, 0) is 17.9 Å². The largest absolute Gasteiger partial charge is 0.481 e. The highest BCUT2D eigenvalue weighted by atomic mass is 16.4. The normalized spacial score (nSPS) is 14.2. The van der Waals surface area contributed by atoms with Crippen LogP contribution in [0.5, 0.6) is 0 Å². The van der Waals surface area contributed by atoms with Gasteiger partial charge in [0.2, 0.25) is 23.6 Å². The van der Waals surface area contributed by atoms with Gasteiger partial charge in [0.1, 0.15) is 18.1 Å². The third-order valence-corrected chi connectivity index (χ3v) is 4.91. The number of carbonyl (C=O) groups is 6. The lowest BCUT2D eigenvalue weighted by Gasteiger charge is -2.26. The Labute approximate surface area is 201 Å². The molecule has 0 saturated carbocycles. The number of carboxylic acid groups (broad SMARTS) is 2. The van der Waals surface area contributed by atoms with Gasteiger partial charge in [0.15, 0.2) is 0 Å². The van der Waals surface area contributed by atoms with Crippen molar-refractivity contribution in [2.24, 2.45) is 17.4 Å². The summed E-state index contributed by atoms with van der Waals surface area (Å²) in [4.78, 5) is 71.6. The summed E-state index contributed by atoms with van der Waals surface area (Å²) in [6, 6.07) is 3.26.